The molecule has 1 heterocycles. The fourth-order valence-corrected chi connectivity index (χ4v) is 2.93. The molecule has 0 bridgehead atoms. The van der Waals surface area contributed by atoms with E-state index in [9.17, 15) is 23.9 Å². The molecule has 1 aliphatic heterocycles. The first-order valence-electron chi connectivity index (χ1n) is 7.70. The van der Waals surface area contributed by atoms with Crippen LogP contribution in [0.15, 0.2) is 18.2 Å². The molecule has 24 heavy (non-hydrogen) atoms. The lowest BCUT2D eigenvalue weighted by Gasteiger charge is -2.31. The molecule has 1 unspecified atom stereocenters. The number of halogens is 1. The lowest BCUT2D eigenvalue weighted by Crippen LogP contribution is -2.50. The van der Waals surface area contributed by atoms with Crippen LogP contribution in [0.1, 0.15) is 43.0 Å². The number of ether oxygens (including phenoxy) is 1. The number of aliphatic carboxylic acids is 1. The second-order valence-electron chi connectivity index (χ2n) is 6.00. The summed E-state index contributed by atoms with van der Waals surface area (Å²) in [5.41, 5.74) is -1.06. The number of carbonyl (C=O) groups is 3. The number of Topliss-reactive ketones (excluding diaryl/α,β-unsaturated/α-hetero) is 1. The Labute approximate surface area is 139 Å². The van der Waals surface area contributed by atoms with Gasteiger partial charge in [-0.05, 0) is 38.0 Å². The molecule has 0 radical (unpaired) electrons. The van der Waals surface area contributed by atoms with Gasteiger partial charge >= 0.3 is 5.97 Å². The zero-order valence-corrected chi connectivity index (χ0v) is 13.7. The Kier molecular flexibility index (Phi) is 5.21. The smallest absolute Gasteiger partial charge is 0.329 e. The molecule has 1 aromatic carbocycles. The SMILES string of the molecule is COc1ccc(C(=O)CCC(=O)N2CCCC2(C)C(=O)O)cc1F. The van der Waals surface area contributed by atoms with Gasteiger partial charge in [-0.15, -0.1) is 0 Å². The van der Waals surface area contributed by atoms with E-state index in [1.54, 1.807) is 0 Å². The van der Waals surface area contributed by atoms with Gasteiger partial charge in [0.15, 0.2) is 17.3 Å². The molecule has 1 aliphatic rings. The van der Waals surface area contributed by atoms with Crippen LogP contribution in [-0.4, -0.2) is 46.9 Å². The van der Waals surface area contributed by atoms with Gasteiger partial charge in [-0.1, -0.05) is 0 Å². The van der Waals surface area contributed by atoms with Gasteiger partial charge in [0.05, 0.1) is 7.11 Å². The molecule has 1 N–H and O–H groups in total. The molecule has 0 spiro atoms. The number of nitrogens with zero attached hydrogens (tertiary/aromatic N) is 1. The highest BCUT2D eigenvalue weighted by atomic mass is 19.1. The van der Waals surface area contributed by atoms with E-state index in [4.69, 9.17) is 4.74 Å². The molecule has 1 amide bonds. The van der Waals surface area contributed by atoms with Crippen molar-refractivity contribution < 1.29 is 28.6 Å². The molecule has 0 saturated carbocycles. The van der Waals surface area contributed by atoms with Crippen molar-refractivity contribution in [1.82, 2.24) is 4.90 Å². The first-order chi connectivity index (χ1) is 11.3. The Morgan fingerprint density at radius 3 is 2.62 bits per heavy atom. The molecule has 1 fully saturated rings. The summed E-state index contributed by atoms with van der Waals surface area (Å²) in [7, 11) is 1.33. The number of carboxylic acids is 1. The van der Waals surface area contributed by atoms with Crippen molar-refractivity contribution in [2.75, 3.05) is 13.7 Å². The summed E-state index contributed by atoms with van der Waals surface area (Å²) < 4.78 is 18.4. The summed E-state index contributed by atoms with van der Waals surface area (Å²) >= 11 is 0. The van der Waals surface area contributed by atoms with Crippen molar-refractivity contribution >= 4 is 17.7 Å². The van der Waals surface area contributed by atoms with E-state index in [1.807, 2.05) is 0 Å². The summed E-state index contributed by atoms with van der Waals surface area (Å²) in [5.74, 6) is -2.40. The first kappa shape index (κ1) is 17.9. The van der Waals surface area contributed by atoms with Crippen LogP contribution in [0, 0.1) is 5.82 Å². The standard InChI is InChI=1S/C17H20FNO5/c1-17(16(22)23)8-3-9-19(17)15(21)7-5-13(20)11-4-6-14(24-2)12(18)10-11/h4,6,10H,3,5,7-9H2,1-2H3,(H,22,23). The molecule has 6 nitrogen and oxygen atoms in total. The molecule has 130 valence electrons. The Balaban J connectivity index is 2.00. The van der Waals surface area contributed by atoms with Crippen LogP contribution in [0.3, 0.4) is 0 Å². The zero-order valence-electron chi connectivity index (χ0n) is 13.7. The van der Waals surface area contributed by atoms with Crippen molar-refractivity contribution in [3.05, 3.63) is 29.6 Å². The number of ketones is 1. The molecule has 7 heteroatoms. The number of rotatable bonds is 6. The molecule has 1 aromatic rings. The first-order valence-corrected chi connectivity index (χ1v) is 7.70. The normalized spacial score (nSPS) is 20.0. The number of amides is 1. The molecular formula is C17H20FNO5. The van der Waals surface area contributed by atoms with Crippen molar-refractivity contribution in [2.45, 2.75) is 38.1 Å². The van der Waals surface area contributed by atoms with Crippen LogP contribution < -0.4 is 4.74 Å². The quantitative estimate of drug-likeness (QED) is 0.805. The third-order valence-corrected chi connectivity index (χ3v) is 4.44. The fraction of sp³-hybridized carbons (Fsp3) is 0.471. The minimum atomic E-state index is -1.22. The van der Waals surface area contributed by atoms with E-state index in [1.165, 1.54) is 31.1 Å². The van der Waals surface area contributed by atoms with Crippen LogP contribution in [0.2, 0.25) is 0 Å². The van der Waals surface area contributed by atoms with Gasteiger partial charge in [0.2, 0.25) is 5.91 Å². The third kappa shape index (κ3) is 3.39. The molecule has 1 saturated heterocycles. The minimum Gasteiger partial charge on any atom is -0.494 e. The summed E-state index contributed by atoms with van der Waals surface area (Å²) in [4.78, 5) is 37.1. The number of benzene rings is 1. The molecule has 1 atom stereocenters. The van der Waals surface area contributed by atoms with Crippen LogP contribution in [0.4, 0.5) is 4.39 Å². The fourth-order valence-electron chi connectivity index (χ4n) is 2.93. The average molecular weight is 337 g/mol. The third-order valence-electron chi connectivity index (χ3n) is 4.44. The highest BCUT2D eigenvalue weighted by Crippen LogP contribution is 2.30. The van der Waals surface area contributed by atoms with Gasteiger partial charge in [0, 0.05) is 24.9 Å². The number of carbonyl (C=O) groups excluding carboxylic acids is 2. The van der Waals surface area contributed by atoms with E-state index in [-0.39, 0.29) is 35.8 Å². The van der Waals surface area contributed by atoms with Gasteiger partial charge < -0.3 is 14.7 Å². The second-order valence-corrected chi connectivity index (χ2v) is 6.00. The summed E-state index contributed by atoms with van der Waals surface area (Å²) in [6.45, 7) is 1.88. The van der Waals surface area contributed by atoms with E-state index in [0.717, 1.165) is 6.07 Å². The van der Waals surface area contributed by atoms with Gasteiger partial charge in [0.1, 0.15) is 5.54 Å². The maximum atomic E-state index is 13.6. The molecule has 0 aromatic heterocycles. The van der Waals surface area contributed by atoms with Crippen molar-refractivity contribution in [3.8, 4) is 5.75 Å². The van der Waals surface area contributed by atoms with E-state index in [2.05, 4.69) is 0 Å². The monoisotopic (exact) mass is 337 g/mol. The number of likely N-dealkylation sites (tertiary alicyclic amines) is 1. The van der Waals surface area contributed by atoms with E-state index in [0.29, 0.717) is 19.4 Å². The summed E-state index contributed by atoms with van der Waals surface area (Å²) in [6.07, 6.45) is 0.810. The Hall–Kier alpha value is -2.44. The lowest BCUT2D eigenvalue weighted by atomic mass is 9.98. The maximum absolute atomic E-state index is 13.6. The zero-order chi connectivity index (χ0) is 17.9. The predicted octanol–water partition coefficient (Wildman–Crippen LogP) is 2.26. The summed E-state index contributed by atoms with van der Waals surface area (Å²) in [5, 5.41) is 9.31. The largest absolute Gasteiger partial charge is 0.494 e. The van der Waals surface area contributed by atoms with Crippen molar-refractivity contribution in [1.29, 1.82) is 0 Å². The highest BCUT2D eigenvalue weighted by molar-refractivity contribution is 5.98. The molecular weight excluding hydrogens is 317 g/mol. The van der Waals surface area contributed by atoms with E-state index >= 15 is 0 Å². The molecule has 2 rings (SSSR count). The van der Waals surface area contributed by atoms with Gasteiger partial charge in [-0.2, -0.15) is 0 Å². The van der Waals surface area contributed by atoms with E-state index < -0.39 is 17.3 Å². The predicted molar refractivity (Wildman–Crippen MR) is 83.5 cm³/mol. The van der Waals surface area contributed by atoms with Gasteiger partial charge in [0.25, 0.3) is 0 Å². The Morgan fingerprint density at radius 1 is 1.33 bits per heavy atom. The average Bonchev–Trinajstić information content (AvgIpc) is 2.95. The van der Waals surface area contributed by atoms with Crippen LogP contribution in [0.5, 0.6) is 5.75 Å². The topological polar surface area (TPSA) is 83.9 Å². The summed E-state index contributed by atoms with van der Waals surface area (Å²) in [6, 6.07) is 3.86. The lowest BCUT2D eigenvalue weighted by molar-refractivity contribution is -0.155. The highest BCUT2D eigenvalue weighted by Gasteiger charge is 2.45. The van der Waals surface area contributed by atoms with Crippen molar-refractivity contribution in [2.24, 2.45) is 0 Å². The van der Waals surface area contributed by atoms with Crippen molar-refractivity contribution in [3.63, 3.8) is 0 Å². The van der Waals surface area contributed by atoms with Crippen LogP contribution in [-0.2, 0) is 9.59 Å². The Morgan fingerprint density at radius 2 is 2.04 bits per heavy atom. The number of methoxy groups -OCH3 is 1. The second kappa shape index (κ2) is 6.98. The molecule has 0 aliphatic carbocycles. The number of carboxylic acid groups (broad SMARTS) is 1. The number of hydrogen-bond acceptors (Lipinski definition) is 4. The van der Waals surface area contributed by atoms with Crippen LogP contribution >= 0.6 is 0 Å². The number of hydrogen-bond donors (Lipinski definition) is 1. The van der Waals surface area contributed by atoms with Gasteiger partial charge in [-0.25, -0.2) is 9.18 Å². The van der Waals surface area contributed by atoms with Gasteiger partial charge in [-0.3, -0.25) is 9.59 Å². The van der Waals surface area contributed by atoms with Crippen LogP contribution in [0.25, 0.3) is 0 Å². The maximum Gasteiger partial charge on any atom is 0.329 e. The minimum absolute atomic E-state index is 0.0388. The Bertz CT molecular complexity index is 675.